The van der Waals surface area contributed by atoms with Gasteiger partial charge in [0.25, 0.3) is 5.91 Å². The molecule has 1 aliphatic carbocycles. The van der Waals surface area contributed by atoms with E-state index < -0.39 is 6.04 Å². The minimum atomic E-state index is -0.439. The first kappa shape index (κ1) is 20.8. The number of nitrogens with one attached hydrogen (secondary N) is 3. The number of para-hydroxylation sites is 2. The van der Waals surface area contributed by atoms with Crippen LogP contribution in [0.2, 0.25) is 0 Å². The lowest BCUT2D eigenvalue weighted by Crippen LogP contribution is -2.32. The molecule has 7 nitrogen and oxygen atoms in total. The van der Waals surface area contributed by atoms with Crippen molar-refractivity contribution in [3.05, 3.63) is 95.8 Å². The Kier molecular flexibility index (Phi) is 5.52. The van der Waals surface area contributed by atoms with E-state index in [0.29, 0.717) is 11.3 Å². The largest absolute Gasteiger partial charge is 0.338 e. The monoisotopic (exact) mass is 439 g/mol. The smallest absolute Gasteiger partial charge is 0.319 e. The number of anilines is 1. The SMILES string of the molecule is Cn1c(C(NC(=O)c2cccc(NC(=O)NC3CC3)c2)c2ccccc2)nc2ccccc21. The Morgan fingerprint density at radius 2 is 1.73 bits per heavy atom. The number of carbonyl (C=O) groups excluding carboxylic acids is 2. The van der Waals surface area contributed by atoms with E-state index in [1.54, 1.807) is 24.3 Å². The molecule has 1 aliphatic rings. The predicted octanol–water partition coefficient (Wildman–Crippen LogP) is 4.38. The molecule has 1 fully saturated rings. The van der Waals surface area contributed by atoms with Crippen LogP contribution in [0.4, 0.5) is 10.5 Å². The van der Waals surface area contributed by atoms with Crippen LogP contribution in [0.25, 0.3) is 11.0 Å². The standard InChI is InChI=1S/C26H25N5O2/c1-31-22-13-6-5-12-21(22)29-24(31)23(17-8-3-2-4-9-17)30-25(32)18-10-7-11-20(16-18)28-26(33)27-19-14-15-19/h2-13,16,19,23H,14-15H2,1H3,(H,30,32)(H2,27,28,33). The zero-order valence-corrected chi connectivity index (χ0v) is 18.3. The summed E-state index contributed by atoms with van der Waals surface area (Å²) in [6.45, 7) is 0. The minimum absolute atomic E-state index is 0.248. The van der Waals surface area contributed by atoms with Gasteiger partial charge < -0.3 is 20.5 Å². The topological polar surface area (TPSA) is 88.0 Å². The number of benzene rings is 3. The maximum absolute atomic E-state index is 13.3. The van der Waals surface area contributed by atoms with Crippen LogP contribution in [-0.2, 0) is 7.05 Å². The summed E-state index contributed by atoms with van der Waals surface area (Å²) in [4.78, 5) is 30.2. The number of aromatic nitrogens is 2. The third-order valence-electron chi connectivity index (χ3n) is 5.78. The molecule has 4 aromatic rings. The summed E-state index contributed by atoms with van der Waals surface area (Å²) in [5, 5.41) is 8.83. The van der Waals surface area contributed by atoms with Crippen LogP contribution < -0.4 is 16.0 Å². The molecule has 7 heteroatoms. The summed E-state index contributed by atoms with van der Waals surface area (Å²) < 4.78 is 2.01. The van der Waals surface area contributed by atoms with Crippen molar-refractivity contribution < 1.29 is 9.59 Å². The van der Waals surface area contributed by atoms with E-state index in [2.05, 4.69) is 16.0 Å². The molecule has 3 N–H and O–H groups in total. The Morgan fingerprint density at radius 3 is 2.48 bits per heavy atom. The van der Waals surface area contributed by atoms with E-state index in [4.69, 9.17) is 4.98 Å². The van der Waals surface area contributed by atoms with Crippen molar-refractivity contribution >= 4 is 28.7 Å². The molecule has 0 bridgehead atoms. The third-order valence-corrected chi connectivity index (χ3v) is 5.78. The molecule has 1 aromatic heterocycles. The molecule has 1 saturated carbocycles. The Morgan fingerprint density at radius 1 is 0.970 bits per heavy atom. The predicted molar refractivity (Wildman–Crippen MR) is 128 cm³/mol. The van der Waals surface area contributed by atoms with Crippen molar-refractivity contribution in [2.75, 3.05) is 5.32 Å². The van der Waals surface area contributed by atoms with Gasteiger partial charge in [0.1, 0.15) is 11.9 Å². The summed E-state index contributed by atoms with van der Waals surface area (Å²) in [6.07, 6.45) is 2.03. The van der Waals surface area contributed by atoms with Gasteiger partial charge in [-0.1, -0.05) is 48.5 Å². The van der Waals surface area contributed by atoms with Gasteiger partial charge >= 0.3 is 6.03 Å². The number of fused-ring (bicyclic) bond motifs is 1. The normalized spacial score (nSPS) is 14.0. The van der Waals surface area contributed by atoms with Gasteiger partial charge in [-0.05, 0) is 48.7 Å². The first-order chi connectivity index (χ1) is 16.1. The molecule has 3 amide bonds. The van der Waals surface area contributed by atoms with Crippen LogP contribution in [0.5, 0.6) is 0 Å². The lowest BCUT2D eigenvalue weighted by atomic mass is 10.1. The lowest BCUT2D eigenvalue weighted by Gasteiger charge is -2.19. The van der Waals surface area contributed by atoms with Crippen molar-refractivity contribution in [3.8, 4) is 0 Å². The average Bonchev–Trinajstić information content (AvgIpc) is 3.59. The molecule has 3 aromatic carbocycles. The van der Waals surface area contributed by atoms with Crippen molar-refractivity contribution in [1.82, 2.24) is 20.2 Å². The lowest BCUT2D eigenvalue weighted by molar-refractivity contribution is 0.0941. The second kappa shape index (κ2) is 8.78. The zero-order valence-electron chi connectivity index (χ0n) is 18.3. The molecule has 0 aliphatic heterocycles. The number of hydrogen-bond donors (Lipinski definition) is 3. The highest BCUT2D eigenvalue weighted by Crippen LogP contribution is 2.26. The molecule has 0 radical (unpaired) electrons. The first-order valence-electron chi connectivity index (χ1n) is 11.0. The number of amides is 3. The third kappa shape index (κ3) is 4.57. The molecule has 1 atom stereocenters. The van der Waals surface area contributed by atoms with Crippen molar-refractivity contribution in [1.29, 1.82) is 0 Å². The minimum Gasteiger partial charge on any atom is -0.338 e. The number of imidazole rings is 1. The van der Waals surface area contributed by atoms with Gasteiger partial charge in [0.2, 0.25) is 0 Å². The van der Waals surface area contributed by atoms with Crippen LogP contribution in [0.1, 0.15) is 40.6 Å². The molecule has 5 rings (SSSR count). The van der Waals surface area contributed by atoms with Gasteiger partial charge in [0, 0.05) is 24.3 Å². The van der Waals surface area contributed by atoms with E-state index in [9.17, 15) is 9.59 Å². The number of rotatable bonds is 6. The van der Waals surface area contributed by atoms with Crippen molar-refractivity contribution in [2.24, 2.45) is 7.05 Å². The Hall–Kier alpha value is -4.13. The van der Waals surface area contributed by atoms with Crippen LogP contribution in [0, 0.1) is 0 Å². The summed E-state index contributed by atoms with van der Waals surface area (Å²) in [5.41, 5.74) is 3.83. The fourth-order valence-corrected chi connectivity index (χ4v) is 3.90. The van der Waals surface area contributed by atoms with Gasteiger partial charge in [-0.15, -0.1) is 0 Å². The fourth-order valence-electron chi connectivity index (χ4n) is 3.90. The molecule has 1 heterocycles. The molecule has 33 heavy (non-hydrogen) atoms. The van der Waals surface area contributed by atoms with Crippen LogP contribution >= 0.6 is 0 Å². The van der Waals surface area contributed by atoms with Gasteiger partial charge in [0.05, 0.1) is 11.0 Å². The van der Waals surface area contributed by atoms with Crippen molar-refractivity contribution in [3.63, 3.8) is 0 Å². The summed E-state index contributed by atoms with van der Waals surface area (Å²) >= 11 is 0. The molecular formula is C26H25N5O2. The number of carbonyl (C=O) groups is 2. The Balaban J connectivity index is 1.42. The Bertz CT molecular complexity index is 1310. The van der Waals surface area contributed by atoms with E-state index in [1.807, 2.05) is 66.2 Å². The van der Waals surface area contributed by atoms with Gasteiger partial charge in [0.15, 0.2) is 0 Å². The van der Waals surface area contributed by atoms with E-state index in [1.165, 1.54) is 0 Å². The highest BCUT2D eigenvalue weighted by Gasteiger charge is 2.24. The number of aryl methyl sites for hydroxylation is 1. The second-order valence-corrected chi connectivity index (χ2v) is 8.29. The van der Waals surface area contributed by atoms with Crippen LogP contribution in [0.3, 0.4) is 0 Å². The number of hydrogen-bond acceptors (Lipinski definition) is 3. The number of urea groups is 1. The number of nitrogens with zero attached hydrogens (tertiary/aromatic N) is 2. The zero-order chi connectivity index (χ0) is 22.8. The van der Waals surface area contributed by atoms with E-state index in [-0.39, 0.29) is 18.0 Å². The summed E-state index contributed by atoms with van der Waals surface area (Å²) in [6, 6.07) is 24.2. The Labute approximate surface area is 191 Å². The van der Waals surface area contributed by atoms with Crippen molar-refractivity contribution in [2.45, 2.75) is 24.9 Å². The van der Waals surface area contributed by atoms with Gasteiger partial charge in [-0.25, -0.2) is 9.78 Å². The van der Waals surface area contributed by atoms with E-state index >= 15 is 0 Å². The fraction of sp³-hybridized carbons (Fsp3) is 0.192. The molecule has 1 unspecified atom stereocenters. The molecular weight excluding hydrogens is 414 g/mol. The quantitative estimate of drug-likeness (QED) is 0.417. The van der Waals surface area contributed by atoms with Crippen LogP contribution in [0.15, 0.2) is 78.9 Å². The van der Waals surface area contributed by atoms with Gasteiger partial charge in [-0.3, -0.25) is 4.79 Å². The van der Waals surface area contributed by atoms with E-state index in [0.717, 1.165) is 35.3 Å². The average molecular weight is 440 g/mol. The summed E-state index contributed by atoms with van der Waals surface area (Å²) in [7, 11) is 1.95. The van der Waals surface area contributed by atoms with Gasteiger partial charge in [-0.2, -0.15) is 0 Å². The maximum Gasteiger partial charge on any atom is 0.319 e. The molecule has 0 saturated heterocycles. The first-order valence-corrected chi connectivity index (χ1v) is 11.0. The molecule has 166 valence electrons. The maximum atomic E-state index is 13.3. The summed E-state index contributed by atoms with van der Waals surface area (Å²) in [5.74, 6) is 0.496. The highest BCUT2D eigenvalue weighted by atomic mass is 16.2. The highest BCUT2D eigenvalue weighted by molar-refractivity contribution is 5.97. The van der Waals surface area contributed by atoms with Crippen LogP contribution in [-0.4, -0.2) is 27.5 Å². The second-order valence-electron chi connectivity index (χ2n) is 8.29. The molecule has 0 spiro atoms.